The molecule has 0 saturated carbocycles. The molecule has 0 aliphatic heterocycles. The number of nitrogens with one attached hydrogen (secondary N) is 1. The van der Waals surface area contributed by atoms with Crippen LogP contribution in [0.4, 0.5) is 0 Å². The molecule has 1 atom stereocenters. The average Bonchev–Trinajstić information content (AvgIpc) is 2.96. The molecular formula is C17H23N3OS. The fourth-order valence-electron chi connectivity index (χ4n) is 1.98. The van der Waals surface area contributed by atoms with Gasteiger partial charge >= 0.3 is 0 Å². The fourth-order valence-corrected chi connectivity index (χ4v) is 3.01. The molecule has 0 bridgehead atoms. The molecule has 1 aromatic heterocycles. The number of carbonyl (C=O) groups excluding carboxylic acids is 1. The summed E-state index contributed by atoms with van der Waals surface area (Å²) in [7, 11) is 0. The number of nitrogens with two attached hydrogens (primary N) is 1. The molecule has 1 heterocycles. The smallest absolute Gasteiger partial charge is 0.241 e. The van der Waals surface area contributed by atoms with Crippen LogP contribution in [-0.4, -0.2) is 17.4 Å². The SMILES string of the molecule is CC(C)(C)c1csc(CCNC(=O)C(N)c2ccccc2)n1. The number of hydrogen-bond donors (Lipinski definition) is 2. The average molecular weight is 317 g/mol. The summed E-state index contributed by atoms with van der Waals surface area (Å²) in [6.07, 6.45) is 0.730. The van der Waals surface area contributed by atoms with Gasteiger partial charge in [-0.2, -0.15) is 0 Å². The highest BCUT2D eigenvalue weighted by molar-refractivity contribution is 7.09. The standard InChI is InChI=1S/C17H23N3OS/c1-17(2,3)13-11-22-14(20-13)9-10-19-16(21)15(18)12-7-5-4-6-8-12/h4-8,11,15H,9-10,18H2,1-3H3,(H,19,21). The number of rotatable bonds is 5. The van der Waals surface area contributed by atoms with Crippen molar-refractivity contribution in [3.63, 3.8) is 0 Å². The molecule has 0 radical (unpaired) electrons. The number of aromatic nitrogens is 1. The summed E-state index contributed by atoms with van der Waals surface area (Å²) in [5.41, 5.74) is 7.94. The highest BCUT2D eigenvalue weighted by Crippen LogP contribution is 2.23. The van der Waals surface area contributed by atoms with Crippen LogP contribution in [0.2, 0.25) is 0 Å². The predicted octanol–water partition coefficient (Wildman–Crippen LogP) is 2.80. The second-order valence-corrected chi connectivity index (χ2v) is 7.25. The molecule has 2 rings (SSSR count). The lowest BCUT2D eigenvalue weighted by Crippen LogP contribution is -2.35. The zero-order valence-corrected chi connectivity index (χ0v) is 14.1. The topological polar surface area (TPSA) is 68.0 Å². The Morgan fingerprint density at radius 2 is 2.00 bits per heavy atom. The largest absolute Gasteiger partial charge is 0.354 e. The Kier molecular flexibility index (Phi) is 5.32. The Morgan fingerprint density at radius 1 is 1.32 bits per heavy atom. The first-order chi connectivity index (χ1) is 10.4. The Hall–Kier alpha value is -1.72. The van der Waals surface area contributed by atoms with Gasteiger partial charge in [0.25, 0.3) is 0 Å². The molecule has 0 aliphatic carbocycles. The molecule has 3 N–H and O–H groups in total. The lowest BCUT2D eigenvalue weighted by Gasteiger charge is -2.14. The summed E-state index contributed by atoms with van der Waals surface area (Å²) in [5, 5.41) is 6.01. The van der Waals surface area contributed by atoms with Crippen molar-refractivity contribution >= 4 is 17.2 Å². The molecule has 4 nitrogen and oxygen atoms in total. The maximum absolute atomic E-state index is 12.0. The highest BCUT2D eigenvalue weighted by atomic mass is 32.1. The van der Waals surface area contributed by atoms with Gasteiger partial charge in [-0.15, -0.1) is 11.3 Å². The number of amides is 1. The summed E-state index contributed by atoms with van der Waals surface area (Å²) < 4.78 is 0. The Bertz CT molecular complexity index is 616. The first-order valence-electron chi connectivity index (χ1n) is 7.41. The first-order valence-corrected chi connectivity index (χ1v) is 8.29. The first kappa shape index (κ1) is 16.6. The Labute approximate surface area is 135 Å². The van der Waals surface area contributed by atoms with Gasteiger partial charge in [0.15, 0.2) is 0 Å². The van der Waals surface area contributed by atoms with Crippen molar-refractivity contribution in [3.8, 4) is 0 Å². The predicted molar refractivity (Wildman–Crippen MR) is 90.9 cm³/mol. The second kappa shape index (κ2) is 7.03. The lowest BCUT2D eigenvalue weighted by atomic mass is 9.93. The zero-order valence-electron chi connectivity index (χ0n) is 13.3. The van der Waals surface area contributed by atoms with Crippen LogP contribution in [0.1, 0.15) is 43.1 Å². The van der Waals surface area contributed by atoms with Crippen molar-refractivity contribution in [1.82, 2.24) is 10.3 Å². The van der Waals surface area contributed by atoms with Gasteiger partial charge in [-0.05, 0) is 5.56 Å². The van der Waals surface area contributed by atoms with Crippen LogP contribution in [0, 0.1) is 0 Å². The van der Waals surface area contributed by atoms with Gasteiger partial charge in [-0.25, -0.2) is 4.98 Å². The van der Waals surface area contributed by atoms with Gasteiger partial charge in [-0.3, -0.25) is 4.79 Å². The maximum atomic E-state index is 12.0. The normalized spacial score (nSPS) is 12.9. The molecule has 0 saturated heterocycles. The fraction of sp³-hybridized carbons (Fsp3) is 0.412. The minimum absolute atomic E-state index is 0.0632. The minimum atomic E-state index is -0.623. The molecule has 2 aromatic rings. The van der Waals surface area contributed by atoms with Crippen LogP contribution in [0.3, 0.4) is 0 Å². The molecule has 1 unspecified atom stereocenters. The van der Waals surface area contributed by atoms with Crippen LogP contribution >= 0.6 is 11.3 Å². The quantitative estimate of drug-likeness (QED) is 0.891. The number of benzene rings is 1. The van der Waals surface area contributed by atoms with E-state index in [1.807, 2.05) is 30.3 Å². The maximum Gasteiger partial charge on any atom is 0.241 e. The molecule has 5 heteroatoms. The van der Waals surface area contributed by atoms with Crippen LogP contribution in [0.5, 0.6) is 0 Å². The third kappa shape index (κ3) is 4.39. The Morgan fingerprint density at radius 3 is 2.59 bits per heavy atom. The van der Waals surface area contributed by atoms with Crippen molar-refractivity contribution < 1.29 is 4.79 Å². The van der Waals surface area contributed by atoms with E-state index in [0.29, 0.717) is 6.54 Å². The molecule has 22 heavy (non-hydrogen) atoms. The number of nitrogens with zero attached hydrogens (tertiary/aromatic N) is 1. The van der Waals surface area contributed by atoms with E-state index in [2.05, 4.69) is 36.5 Å². The number of thiazole rings is 1. The summed E-state index contributed by atoms with van der Waals surface area (Å²) >= 11 is 1.64. The van der Waals surface area contributed by atoms with Gasteiger partial charge in [0, 0.05) is 23.8 Å². The highest BCUT2D eigenvalue weighted by Gasteiger charge is 2.18. The van der Waals surface area contributed by atoms with Crippen molar-refractivity contribution in [3.05, 3.63) is 52.0 Å². The molecular weight excluding hydrogens is 294 g/mol. The molecule has 118 valence electrons. The van der Waals surface area contributed by atoms with E-state index in [9.17, 15) is 4.79 Å². The Balaban J connectivity index is 1.83. The van der Waals surface area contributed by atoms with Crippen molar-refractivity contribution in [2.24, 2.45) is 5.73 Å². The lowest BCUT2D eigenvalue weighted by molar-refractivity contribution is -0.122. The number of carbonyl (C=O) groups is 1. The van der Waals surface area contributed by atoms with Crippen molar-refractivity contribution in [1.29, 1.82) is 0 Å². The van der Waals surface area contributed by atoms with Crippen LogP contribution in [-0.2, 0) is 16.6 Å². The van der Waals surface area contributed by atoms with E-state index in [0.717, 1.165) is 22.7 Å². The molecule has 1 aromatic carbocycles. The van der Waals surface area contributed by atoms with E-state index in [4.69, 9.17) is 5.73 Å². The van der Waals surface area contributed by atoms with Gasteiger partial charge in [0.05, 0.1) is 10.7 Å². The zero-order chi connectivity index (χ0) is 16.2. The van der Waals surface area contributed by atoms with E-state index in [1.165, 1.54) is 0 Å². The summed E-state index contributed by atoms with van der Waals surface area (Å²) in [5.74, 6) is -0.154. The second-order valence-electron chi connectivity index (χ2n) is 6.31. The summed E-state index contributed by atoms with van der Waals surface area (Å²) in [4.78, 5) is 16.7. The summed E-state index contributed by atoms with van der Waals surface area (Å²) in [6, 6.07) is 8.77. The van der Waals surface area contributed by atoms with E-state index in [1.54, 1.807) is 11.3 Å². The van der Waals surface area contributed by atoms with E-state index in [-0.39, 0.29) is 11.3 Å². The molecule has 0 aliphatic rings. The molecule has 0 spiro atoms. The summed E-state index contributed by atoms with van der Waals surface area (Å²) in [6.45, 7) is 6.99. The van der Waals surface area contributed by atoms with Crippen LogP contribution in [0.25, 0.3) is 0 Å². The van der Waals surface area contributed by atoms with E-state index < -0.39 is 6.04 Å². The van der Waals surface area contributed by atoms with E-state index >= 15 is 0 Å². The third-order valence-electron chi connectivity index (χ3n) is 3.40. The van der Waals surface area contributed by atoms with Crippen LogP contribution in [0.15, 0.2) is 35.7 Å². The van der Waals surface area contributed by atoms with Gasteiger partial charge in [-0.1, -0.05) is 51.1 Å². The van der Waals surface area contributed by atoms with Crippen molar-refractivity contribution in [2.45, 2.75) is 38.6 Å². The number of hydrogen-bond acceptors (Lipinski definition) is 4. The third-order valence-corrected chi connectivity index (χ3v) is 4.31. The van der Waals surface area contributed by atoms with Crippen LogP contribution < -0.4 is 11.1 Å². The van der Waals surface area contributed by atoms with Gasteiger partial charge in [0.2, 0.25) is 5.91 Å². The monoisotopic (exact) mass is 317 g/mol. The minimum Gasteiger partial charge on any atom is -0.354 e. The van der Waals surface area contributed by atoms with Gasteiger partial charge < -0.3 is 11.1 Å². The van der Waals surface area contributed by atoms with Crippen molar-refractivity contribution in [2.75, 3.05) is 6.54 Å². The molecule has 0 fully saturated rings. The van der Waals surface area contributed by atoms with Gasteiger partial charge in [0.1, 0.15) is 6.04 Å². The molecule has 1 amide bonds.